The molecule has 84 valence electrons. The second-order valence-corrected chi connectivity index (χ2v) is 4.22. The lowest BCUT2D eigenvalue weighted by atomic mass is 10.0. The molecule has 0 aromatic heterocycles. The highest BCUT2D eigenvalue weighted by molar-refractivity contribution is 4.84. The van der Waals surface area contributed by atoms with E-state index in [1.54, 1.807) is 0 Å². The maximum Gasteiger partial charge on any atom is 0.0558 e. The highest BCUT2D eigenvalue weighted by Crippen LogP contribution is 2.20. The first-order chi connectivity index (χ1) is 6.79. The molecule has 1 aliphatic rings. The summed E-state index contributed by atoms with van der Waals surface area (Å²) in [4.78, 5) is 2.33. The number of rotatable bonds is 4. The largest absolute Gasteiger partial charge is 0.395 e. The van der Waals surface area contributed by atoms with E-state index >= 15 is 0 Å². The average molecular weight is 200 g/mol. The standard InChI is InChI=1S/C11H24N2O/c1-2-13(8-9-14)11-7-5-3-4-6-10(11)12/h10-11,14H,2-9,12H2,1H3. The van der Waals surface area contributed by atoms with Gasteiger partial charge in [-0.25, -0.2) is 0 Å². The summed E-state index contributed by atoms with van der Waals surface area (Å²) in [5.74, 6) is 0. The van der Waals surface area contributed by atoms with Crippen LogP contribution in [0, 0.1) is 0 Å². The molecule has 0 spiro atoms. The van der Waals surface area contributed by atoms with Gasteiger partial charge in [0.2, 0.25) is 0 Å². The number of hydrogen-bond acceptors (Lipinski definition) is 3. The van der Waals surface area contributed by atoms with E-state index in [2.05, 4.69) is 11.8 Å². The van der Waals surface area contributed by atoms with Crippen LogP contribution in [0.4, 0.5) is 0 Å². The third-order valence-corrected chi connectivity index (χ3v) is 3.29. The van der Waals surface area contributed by atoms with E-state index in [0.717, 1.165) is 19.5 Å². The van der Waals surface area contributed by atoms with E-state index in [0.29, 0.717) is 12.1 Å². The van der Waals surface area contributed by atoms with Gasteiger partial charge in [-0.2, -0.15) is 0 Å². The maximum atomic E-state index is 8.97. The van der Waals surface area contributed by atoms with Crippen molar-refractivity contribution in [1.29, 1.82) is 0 Å². The minimum atomic E-state index is 0.247. The van der Waals surface area contributed by atoms with E-state index in [-0.39, 0.29) is 6.61 Å². The molecule has 2 atom stereocenters. The summed E-state index contributed by atoms with van der Waals surface area (Å²) < 4.78 is 0. The van der Waals surface area contributed by atoms with E-state index < -0.39 is 0 Å². The molecule has 2 unspecified atom stereocenters. The Morgan fingerprint density at radius 3 is 2.64 bits per heavy atom. The van der Waals surface area contributed by atoms with E-state index in [1.807, 2.05) is 0 Å². The van der Waals surface area contributed by atoms with Crippen molar-refractivity contribution in [2.45, 2.75) is 51.1 Å². The molecular weight excluding hydrogens is 176 g/mol. The molecule has 3 heteroatoms. The molecule has 1 saturated carbocycles. The normalized spacial score (nSPS) is 29.1. The number of likely N-dealkylation sites (N-methyl/N-ethyl adjacent to an activating group) is 1. The molecule has 1 rings (SSSR count). The fourth-order valence-electron chi connectivity index (χ4n) is 2.46. The lowest BCUT2D eigenvalue weighted by molar-refractivity contribution is 0.134. The van der Waals surface area contributed by atoms with Crippen molar-refractivity contribution in [3.05, 3.63) is 0 Å². The number of aliphatic hydroxyl groups excluding tert-OH is 1. The molecule has 0 amide bonds. The molecule has 14 heavy (non-hydrogen) atoms. The predicted octanol–water partition coefficient (Wildman–Crippen LogP) is 0.961. The first-order valence-corrected chi connectivity index (χ1v) is 5.90. The fourth-order valence-corrected chi connectivity index (χ4v) is 2.46. The summed E-state index contributed by atoms with van der Waals surface area (Å²) in [6, 6.07) is 0.804. The van der Waals surface area contributed by atoms with Gasteiger partial charge in [-0.05, 0) is 19.4 Å². The molecule has 1 aliphatic carbocycles. The smallest absolute Gasteiger partial charge is 0.0558 e. The minimum absolute atomic E-state index is 0.247. The second kappa shape index (κ2) is 6.38. The number of nitrogens with two attached hydrogens (primary N) is 1. The van der Waals surface area contributed by atoms with Crippen LogP contribution in [-0.4, -0.2) is 41.8 Å². The SMILES string of the molecule is CCN(CCO)C1CCCCCC1N. The molecule has 0 aliphatic heterocycles. The van der Waals surface area contributed by atoms with Crippen LogP contribution in [0.1, 0.15) is 39.0 Å². The molecule has 0 aromatic carbocycles. The zero-order valence-electron chi connectivity index (χ0n) is 9.28. The minimum Gasteiger partial charge on any atom is -0.395 e. The van der Waals surface area contributed by atoms with Crippen molar-refractivity contribution in [2.75, 3.05) is 19.7 Å². The highest BCUT2D eigenvalue weighted by Gasteiger charge is 2.24. The summed E-state index contributed by atoms with van der Waals surface area (Å²) >= 11 is 0. The van der Waals surface area contributed by atoms with Gasteiger partial charge in [-0.3, -0.25) is 4.90 Å². The molecule has 0 aromatic rings. The zero-order valence-corrected chi connectivity index (χ0v) is 9.28. The summed E-state index contributed by atoms with van der Waals surface area (Å²) in [5.41, 5.74) is 6.16. The van der Waals surface area contributed by atoms with Gasteiger partial charge < -0.3 is 10.8 Å². The van der Waals surface area contributed by atoms with Gasteiger partial charge in [0.25, 0.3) is 0 Å². The van der Waals surface area contributed by atoms with Gasteiger partial charge in [0.1, 0.15) is 0 Å². The summed E-state index contributed by atoms with van der Waals surface area (Å²) in [6.45, 7) is 4.16. The van der Waals surface area contributed by atoms with Crippen molar-refractivity contribution in [3.63, 3.8) is 0 Å². The van der Waals surface area contributed by atoms with Gasteiger partial charge in [0, 0.05) is 18.6 Å². The van der Waals surface area contributed by atoms with Crippen LogP contribution in [0.5, 0.6) is 0 Å². The van der Waals surface area contributed by atoms with E-state index in [9.17, 15) is 0 Å². The maximum absolute atomic E-state index is 8.97. The Bertz CT molecular complexity index is 152. The Morgan fingerprint density at radius 2 is 2.00 bits per heavy atom. The van der Waals surface area contributed by atoms with Crippen molar-refractivity contribution in [1.82, 2.24) is 4.90 Å². The van der Waals surface area contributed by atoms with Crippen molar-refractivity contribution in [3.8, 4) is 0 Å². The zero-order chi connectivity index (χ0) is 10.4. The van der Waals surface area contributed by atoms with Crippen LogP contribution in [0.2, 0.25) is 0 Å². The van der Waals surface area contributed by atoms with E-state index in [4.69, 9.17) is 10.8 Å². The van der Waals surface area contributed by atoms with Gasteiger partial charge in [-0.15, -0.1) is 0 Å². The van der Waals surface area contributed by atoms with Crippen LogP contribution in [0.15, 0.2) is 0 Å². The van der Waals surface area contributed by atoms with E-state index in [1.165, 1.54) is 25.7 Å². The first kappa shape index (κ1) is 12.0. The fraction of sp³-hybridized carbons (Fsp3) is 1.00. The second-order valence-electron chi connectivity index (χ2n) is 4.22. The molecule has 3 nitrogen and oxygen atoms in total. The number of nitrogens with zero attached hydrogens (tertiary/aromatic N) is 1. The monoisotopic (exact) mass is 200 g/mol. The Kier molecular flexibility index (Phi) is 5.45. The molecule has 1 fully saturated rings. The van der Waals surface area contributed by atoms with Gasteiger partial charge in [-0.1, -0.05) is 26.2 Å². The van der Waals surface area contributed by atoms with Gasteiger partial charge in [0.05, 0.1) is 6.61 Å². The third kappa shape index (κ3) is 3.23. The summed E-state index contributed by atoms with van der Waals surface area (Å²) in [5, 5.41) is 8.97. The molecule has 0 saturated heterocycles. The number of aliphatic hydroxyl groups is 1. The molecule has 0 heterocycles. The summed E-state index contributed by atoms with van der Waals surface area (Å²) in [7, 11) is 0. The van der Waals surface area contributed by atoms with Gasteiger partial charge in [0.15, 0.2) is 0 Å². The molecule has 0 bridgehead atoms. The van der Waals surface area contributed by atoms with Gasteiger partial charge >= 0.3 is 0 Å². The highest BCUT2D eigenvalue weighted by atomic mass is 16.3. The summed E-state index contributed by atoms with van der Waals surface area (Å²) in [6.07, 6.45) is 6.23. The first-order valence-electron chi connectivity index (χ1n) is 5.90. The Morgan fingerprint density at radius 1 is 1.29 bits per heavy atom. The average Bonchev–Trinajstić information content (AvgIpc) is 2.40. The topological polar surface area (TPSA) is 49.5 Å². The number of hydrogen-bond donors (Lipinski definition) is 2. The Labute approximate surface area is 87.3 Å². The van der Waals surface area contributed by atoms with Crippen LogP contribution in [-0.2, 0) is 0 Å². The molecule has 3 N–H and O–H groups in total. The van der Waals surface area contributed by atoms with Crippen LogP contribution < -0.4 is 5.73 Å². The van der Waals surface area contributed by atoms with Crippen LogP contribution in [0.3, 0.4) is 0 Å². The quantitative estimate of drug-likeness (QED) is 0.665. The lowest BCUT2D eigenvalue weighted by Crippen LogP contribution is -2.48. The van der Waals surface area contributed by atoms with Crippen LogP contribution >= 0.6 is 0 Å². The molecule has 0 radical (unpaired) electrons. The third-order valence-electron chi connectivity index (χ3n) is 3.29. The molecular formula is C11H24N2O. The van der Waals surface area contributed by atoms with Crippen LogP contribution in [0.25, 0.3) is 0 Å². The predicted molar refractivity (Wildman–Crippen MR) is 59.2 cm³/mol. The Hall–Kier alpha value is -0.120. The lowest BCUT2D eigenvalue weighted by Gasteiger charge is -2.33. The van der Waals surface area contributed by atoms with Crippen molar-refractivity contribution < 1.29 is 5.11 Å². The Balaban J connectivity index is 2.51. The van der Waals surface area contributed by atoms with Crippen molar-refractivity contribution >= 4 is 0 Å². The van der Waals surface area contributed by atoms with Crippen molar-refractivity contribution in [2.24, 2.45) is 5.73 Å².